The maximum atomic E-state index is 12.6. The van der Waals surface area contributed by atoms with Gasteiger partial charge in [0.2, 0.25) is 10.0 Å². The molecule has 0 spiro atoms. The Bertz CT molecular complexity index is 1240. The summed E-state index contributed by atoms with van der Waals surface area (Å²) in [5, 5.41) is 7.46. The van der Waals surface area contributed by atoms with Crippen molar-refractivity contribution >= 4 is 39.4 Å². The number of imide groups is 1. The Morgan fingerprint density at radius 3 is 2.42 bits per heavy atom. The van der Waals surface area contributed by atoms with Crippen molar-refractivity contribution in [2.75, 3.05) is 18.5 Å². The van der Waals surface area contributed by atoms with Crippen LogP contribution >= 0.6 is 0 Å². The molecule has 11 heteroatoms. The number of ether oxygens (including phenoxy) is 1. The van der Waals surface area contributed by atoms with Crippen LogP contribution < -0.4 is 10.5 Å². The van der Waals surface area contributed by atoms with Gasteiger partial charge in [0.25, 0.3) is 17.7 Å². The molecule has 2 aromatic rings. The molecule has 0 saturated heterocycles. The first kappa shape index (κ1) is 24.1. The van der Waals surface area contributed by atoms with Crippen molar-refractivity contribution in [2.45, 2.75) is 25.2 Å². The molecule has 0 saturated carbocycles. The van der Waals surface area contributed by atoms with Gasteiger partial charge in [0.1, 0.15) is 0 Å². The largest absolute Gasteiger partial charge is 0.452 e. The lowest BCUT2D eigenvalue weighted by molar-refractivity contribution is -0.119. The number of amides is 3. The molecule has 3 rings (SSSR count). The second-order valence-corrected chi connectivity index (χ2v) is 9.46. The average Bonchev–Trinajstić information content (AvgIpc) is 2.99. The molecule has 0 atom stereocenters. The predicted molar refractivity (Wildman–Crippen MR) is 118 cm³/mol. The Morgan fingerprint density at radius 2 is 1.76 bits per heavy atom. The van der Waals surface area contributed by atoms with Gasteiger partial charge in [0, 0.05) is 12.2 Å². The number of rotatable bonds is 8. The zero-order valence-corrected chi connectivity index (χ0v) is 18.8. The number of nitrogens with zero attached hydrogens (tertiary/aromatic N) is 1. The number of hydrogen-bond acceptors (Lipinski definition) is 7. The lowest BCUT2D eigenvalue weighted by atomic mass is 10.1. The second kappa shape index (κ2) is 9.51. The number of anilines is 1. The van der Waals surface area contributed by atoms with Gasteiger partial charge in [0.05, 0.1) is 21.6 Å². The van der Waals surface area contributed by atoms with Gasteiger partial charge in [-0.3, -0.25) is 19.3 Å². The van der Waals surface area contributed by atoms with Crippen LogP contribution in [0.4, 0.5) is 5.69 Å². The standard InChI is InChI=1S/C22H23N3O7S/c1-13(2)8-9-25-20(27)17-7-6-14(10-18(17)21(25)28)22(29)32-12-19(26)24-15-4-3-5-16(11-15)33(23,30)31/h3-7,10-11,13H,8-9,12H2,1-2H3,(H,24,26)(H2,23,30,31). The number of nitrogens with one attached hydrogen (secondary N) is 1. The van der Waals surface area contributed by atoms with Gasteiger partial charge < -0.3 is 10.1 Å². The fourth-order valence-electron chi connectivity index (χ4n) is 3.17. The van der Waals surface area contributed by atoms with Crippen LogP contribution in [0.1, 0.15) is 51.3 Å². The molecule has 0 radical (unpaired) electrons. The van der Waals surface area contributed by atoms with Crippen molar-refractivity contribution < 1.29 is 32.3 Å². The van der Waals surface area contributed by atoms with Crippen molar-refractivity contribution in [1.82, 2.24) is 4.90 Å². The van der Waals surface area contributed by atoms with Gasteiger partial charge >= 0.3 is 5.97 Å². The number of carbonyl (C=O) groups is 4. The maximum absolute atomic E-state index is 12.6. The summed E-state index contributed by atoms with van der Waals surface area (Å²) >= 11 is 0. The molecule has 1 aliphatic heterocycles. The van der Waals surface area contributed by atoms with E-state index in [0.29, 0.717) is 12.3 Å². The molecule has 0 unspecified atom stereocenters. The number of sulfonamides is 1. The van der Waals surface area contributed by atoms with E-state index < -0.39 is 40.3 Å². The Labute approximate surface area is 190 Å². The summed E-state index contributed by atoms with van der Waals surface area (Å²) in [4.78, 5) is 50.5. The summed E-state index contributed by atoms with van der Waals surface area (Å²) in [6.45, 7) is 3.61. The van der Waals surface area contributed by atoms with E-state index in [4.69, 9.17) is 9.88 Å². The summed E-state index contributed by atoms with van der Waals surface area (Å²) < 4.78 is 27.8. The zero-order chi connectivity index (χ0) is 24.3. The minimum absolute atomic E-state index is 0.0182. The quantitative estimate of drug-likeness (QED) is 0.438. The van der Waals surface area contributed by atoms with Crippen LogP contribution in [0, 0.1) is 5.92 Å². The van der Waals surface area contributed by atoms with Crippen LogP contribution in [0.5, 0.6) is 0 Å². The molecule has 0 aliphatic carbocycles. The lowest BCUT2D eigenvalue weighted by Gasteiger charge is -2.14. The molecule has 3 amide bonds. The molecule has 0 fully saturated rings. The zero-order valence-electron chi connectivity index (χ0n) is 18.0. The van der Waals surface area contributed by atoms with Crippen molar-refractivity contribution in [3.8, 4) is 0 Å². The van der Waals surface area contributed by atoms with Gasteiger partial charge in [-0.1, -0.05) is 19.9 Å². The van der Waals surface area contributed by atoms with Crippen LogP contribution in [-0.4, -0.2) is 50.2 Å². The first-order valence-corrected chi connectivity index (χ1v) is 11.6. The molecule has 2 aromatic carbocycles. The van der Waals surface area contributed by atoms with Crippen molar-refractivity contribution in [3.63, 3.8) is 0 Å². The average molecular weight is 474 g/mol. The predicted octanol–water partition coefficient (Wildman–Crippen LogP) is 1.77. The van der Waals surface area contributed by atoms with Crippen LogP contribution in [0.3, 0.4) is 0 Å². The highest BCUT2D eigenvalue weighted by Crippen LogP contribution is 2.25. The van der Waals surface area contributed by atoms with Crippen molar-refractivity contribution in [3.05, 3.63) is 59.2 Å². The fourth-order valence-corrected chi connectivity index (χ4v) is 3.73. The molecule has 10 nitrogen and oxygen atoms in total. The third-order valence-electron chi connectivity index (χ3n) is 4.92. The summed E-state index contributed by atoms with van der Waals surface area (Å²) in [6, 6.07) is 9.31. The third kappa shape index (κ3) is 5.62. The molecular formula is C22H23N3O7S. The SMILES string of the molecule is CC(C)CCN1C(=O)c2ccc(C(=O)OCC(=O)Nc3cccc(S(N)(=O)=O)c3)cc2C1=O. The summed E-state index contributed by atoms with van der Waals surface area (Å²) in [7, 11) is -3.94. The topological polar surface area (TPSA) is 153 Å². The smallest absolute Gasteiger partial charge is 0.338 e. The van der Waals surface area contributed by atoms with Crippen molar-refractivity contribution in [2.24, 2.45) is 11.1 Å². The lowest BCUT2D eigenvalue weighted by Crippen LogP contribution is -2.31. The van der Waals surface area contributed by atoms with Crippen molar-refractivity contribution in [1.29, 1.82) is 0 Å². The number of esters is 1. The molecule has 3 N–H and O–H groups in total. The van der Waals surface area contributed by atoms with E-state index >= 15 is 0 Å². The minimum atomic E-state index is -3.94. The summed E-state index contributed by atoms with van der Waals surface area (Å²) in [5.41, 5.74) is 0.505. The Balaban J connectivity index is 1.63. The first-order chi connectivity index (χ1) is 15.5. The van der Waals surface area contributed by atoms with E-state index in [0.717, 1.165) is 4.90 Å². The highest BCUT2D eigenvalue weighted by Gasteiger charge is 2.35. The van der Waals surface area contributed by atoms with Crippen LogP contribution in [0.2, 0.25) is 0 Å². The monoisotopic (exact) mass is 473 g/mol. The number of hydrogen-bond donors (Lipinski definition) is 2. The highest BCUT2D eigenvalue weighted by molar-refractivity contribution is 7.89. The van der Waals surface area contributed by atoms with Gasteiger partial charge in [0.15, 0.2) is 6.61 Å². The number of primary sulfonamides is 1. The number of nitrogens with two attached hydrogens (primary N) is 1. The van der Waals surface area contributed by atoms with Crippen LogP contribution in [0.15, 0.2) is 47.4 Å². The highest BCUT2D eigenvalue weighted by atomic mass is 32.2. The van der Waals surface area contributed by atoms with Crippen LogP contribution in [0.25, 0.3) is 0 Å². The van der Waals surface area contributed by atoms with Gasteiger partial charge in [-0.15, -0.1) is 0 Å². The number of carbonyl (C=O) groups excluding carboxylic acids is 4. The molecule has 33 heavy (non-hydrogen) atoms. The van der Waals surface area contributed by atoms with E-state index in [1.165, 1.54) is 42.5 Å². The van der Waals surface area contributed by atoms with Gasteiger partial charge in [-0.2, -0.15) is 0 Å². The molecule has 1 aliphatic rings. The molecule has 0 aromatic heterocycles. The van der Waals surface area contributed by atoms with E-state index in [1.54, 1.807) is 0 Å². The number of fused-ring (bicyclic) bond motifs is 1. The normalized spacial score (nSPS) is 13.3. The van der Waals surface area contributed by atoms with E-state index in [2.05, 4.69) is 5.32 Å². The second-order valence-electron chi connectivity index (χ2n) is 7.90. The van der Waals surface area contributed by atoms with Gasteiger partial charge in [-0.05, 0) is 48.7 Å². The Hall–Kier alpha value is -3.57. The molecule has 174 valence electrons. The van der Waals surface area contributed by atoms with E-state index in [9.17, 15) is 27.6 Å². The first-order valence-electron chi connectivity index (χ1n) is 10.1. The van der Waals surface area contributed by atoms with E-state index in [-0.39, 0.29) is 33.8 Å². The van der Waals surface area contributed by atoms with Crippen LogP contribution in [-0.2, 0) is 19.6 Å². The number of benzene rings is 2. The third-order valence-corrected chi connectivity index (χ3v) is 5.83. The molecule has 1 heterocycles. The summed E-state index contributed by atoms with van der Waals surface area (Å²) in [6.07, 6.45) is 0.662. The summed E-state index contributed by atoms with van der Waals surface area (Å²) in [5.74, 6) is -2.13. The van der Waals surface area contributed by atoms with Gasteiger partial charge in [-0.25, -0.2) is 18.4 Å². The fraction of sp³-hybridized carbons (Fsp3) is 0.273. The molecule has 0 bridgehead atoms. The Kier molecular flexibility index (Phi) is 6.94. The minimum Gasteiger partial charge on any atom is -0.452 e. The van der Waals surface area contributed by atoms with E-state index in [1.807, 2.05) is 13.8 Å². The molecular weight excluding hydrogens is 450 g/mol. The maximum Gasteiger partial charge on any atom is 0.338 e. The Morgan fingerprint density at radius 1 is 1.06 bits per heavy atom.